The lowest BCUT2D eigenvalue weighted by molar-refractivity contribution is -0.139. The van der Waals surface area contributed by atoms with Gasteiger partial charge in [0.2, 0.25) is 5.95 Å². The van der Waals surface area contributed by atoms with Gasteiger partial charge in [0.15, 0.2) is 15.6 Å². The summed E-state index contributed by atoms with van der Waals surface area (Å²) in [5.41, 5.74) is -3.00. The van der Waals surface area contributed by atoms with Crippen LogP contribution in [0.25, 0.3) is 0 Å². The van der Waals surface area contributed by atoms with Gasteiger partial charge < -0.3 is 19.6 Å². The molecule has 1 saturated carbocycles. The molecule has 0 bridgehead atoms. The predicted octanol–water partition coefficient (Wildman–Crippen LogP) is 8.92. The van der Waals surface area contributed by atoms with E-state index in [1.165, 1.54) is 17.9 Å². The van der Waals surface area contributed by atoms with Crippen LogP contribution in [0.3, 0.4) is 0 Å². The van der Waals surface area contributed by atoms with E-state index in [0.717, 1.165) is 36.8 Å². The molecule has 0 spiro atoms. The lowest BCUT2D eigenvalue weighted by atomic mass is 9.80. The van der Waals surface area contributed by atoms with Gasteiger partial charge in [-0.25, -0.2) is 27.2 Å². The molecule has 1 heterocycles. The largest absolute Gasteiger partial charge is 0.489 e. The zero-order chi connectivity index (χ0) is 40.9. The van der Waals surface area contributed by atoms with Crippen LogP contribution >= 0.6 is 0 Å². The molecule has 0 unspecified atom stereocenters. The number of alkyl halides is 8. The normalized spacial score (nSPS) is 17.5. The lowest BCUT2D eigenvalue weighted by Gasteiger charge is -2.36. The molecule has 1 aliphatic rings. The average Bonchev–Trinajstić information content (AvgIpc) is 3.08. The summed E-state index contributed by atoms with van der Waals surface area (Å²) in [5, 5.41) is 9.20. The van der Waals surface area contributed by atoms with Crippen LogP contribution in [0.4, 0.5) is 46.8 Å². The van der Waals surface area contributed by atoms with E-state index in [1.54, 1.807) is 0 Å². The monoisotopic (exact) mass is 808 g/mol. The van der Waals surface area contributed by atoms with Crippen molar-refractivity contribution in [2.75, 3.05) is 41.5 Å². The molecule has 0 aliphatic heterocycles. The number of anilines is 2. The Bertz CT molecular complexity index is 1850. The van der Waals surface area contributed by atoms with Gasteiger partial charge in [-0.05, 0) is 98.9 Å². The van der Waals surface area contributed by atoms with Crippen LogP contribution in [0.2, 0.25) is 0 Å². The third kappa shape index (κ3) is 12.4. The highest BCUT2D eigenvalue weighted by atomic mass is 32.2. The van der Waals surface area contributed by atoms with Crippen LogP contribution < -0.4 is 14.5 Å². The fraction of sp³-hybridized carbons (Fsp3) is 0.541. The smallest absolute Gasteiger partial charge is 0.416 e. The molecule has 55 heavy (non-hydrogen) atoms. The van der Waals surface area contributed by atoms with Crippen molar-refractivity contribution < 1.29 is 58.2 Å². The number of hydrogen-bond acceptors (Lipinski definition) is 8. The maximum Gasteiger partial charge on any atom is 0.416 e. The predicted molar refractivity (Wildman–Crippen MR) is 190 cm³/mol. The van der Waals surface area contributed by atoms with Crippen LogP contribution in [-0.4, -0.2) is 61.2 Å². The van der Waals surface area contributed by atoms with Crippen LogP contribution in [0.5, 0.6) is 5.75 Å². The van der Waals surface area contributed by atoms with Gasteiger partial charge in [-0.3, -0.25) is 4.79 Å². The average molecular weight is 809 g/mol. The first-order valence-corrected chi connectivity index (χ1v) is 19.7. The third-order valence-electron chi connectivity index (χ3n) is 9.71. The van der Waals surface area contributed by atoms with Crippen molar-refractivity contribution in [1.29, 1.82) is 0 Å². The van der Waals surface area contributed by atoms with Crippen molar-refractivity contribution in [3.8, 4) is 5.75 Å². The van der Waals surface area contributed by atoms with Gasteiger partial charge in [-0.1, -0.05) is 0 Å². The van der Waals surface area contributed by atoms with Crippen molar-refractivity contribution >= 4 is 27.4 Å². The van der Waals surface area contributed by atoms with Gasteiger partial charge in [0.25, 0.3) is 5.92 Å². The molecule has 1 N–H and O–H groups in total. The van der Waals surface area contributed by atoms with E-state index >= 15 is 0 Å². The number of carbonyl (C=O) groups is 1. The number of nitrogens with zero attached hydrogens (tertiary/aromatic N) is 4. The summed E-state index contributed by atoms with van der Waals surface area (Å²) in [6.07, 6.45) is -3.61. The molecule has 2 aromatic carbocycles. The molecule has 0 amide bonds. The summed E-state index contributed by atoms with van der Waals surface area (Å²) in [6, 6.07) is 3.91. The van der Waals surface area contributed by atoms with Crippen LogP contribution in [0, 0.1) is 11.8 Å². The van der Waals surface area contributed by atoms with Gasteiger partial charge >= 0.3 is 18.3 Å². The first-order valence-electron chi connectivity index (χ1n) is 17.6. The number of sulfone groups is 1. The number of carboxylic acid groups (broad SMARTS) is 1. The molecule has 18 heteroatoms. The molecule has 9 nitrogen and oxygen atoms in total. The molecule has 1 atom stereocenters. The molecular weight excluding hydrogens is 764 g/mol. The second-order valence-corrected chi connectivity index (χ2v) is 16.4. The summed E-state index contributed by atoms with van der Waals surface area (Å²) in [6.45, 7) is 3.80. The van der Waals surface area contributed by atoms with Crippen molar-refractivity contribution in [2.45, 2.75) is 83.7 Å². The third-order valence-corrected chi connectivity index (χ3v) is 10.6. The van der Waals surface area contributed by atoms with Crippen LogP contribution in [-0.2, 0) is 39.5 Å². The van der Waals surface area contributed by atoms with Crippen molar-refractivity contribution in [3.63, 3.8) is 0 Å². The zero-order valence-electron chi connectivity index (χ0n) is 30.7. The number of halogens is 8. The van der Waals surface area contributed by atoms with Gasteiger partial charge in [-0.2, -0.15) is 26.3 Å². The van der Waals surface area contributed by atoms with Gasteiger partial charge in [0, 0.05) is 50.5 Å². The fourth-order valence-corrected chi connectivity index (χ4v) is 7.06. The lowest BCUT2D eigenvalue weighted by Crippen LogP contribution is -2.34. The maximum absolute atomic E-state index is 14.6. The standard InChI is InChI=1S/C37H44F8N4O5S/c1-5-48(21-25-8-6-24(7-9-25)14-33(50)51)32-11-10-28(36(40,41)42)17-27(32)22-49(34-46-19-31(20-47-34)54-12-13-55(4,52)53)23(2)26-15-29(35(3,38)39)18-30(16-26)37(43,44)45/h10-11,15-20,23-25H,5-9,12-14,21-22H2,1-4H3,(H,50,51)/t23-,24?,25?/m1/s1. The van der Waals surface area contributed by atoms with Gasteiger partial charge in [0.1, 0.15) is 6.61 Å². The Morgan fingerprint density at radius 1 is 0.909 bits per heavy atom. The second-order valence-electron chi connectivity index (χ2n) is 14.1. The Labute approximate surface area is 314 Å². The van der Waals surface area contributed by atoms with Crippen LogP contribution in [0.1, 0.15) is 86.7 Å². The SMILES string of the molecule is CCN(CC1CCC(CC(=O)O)CC1)c1ccc(C(F)(F)F)cc1CN(c1ncc(OCCS(C)(=O)=O)cn1)[C@H](C)c1cc(C(C)(F)F)cc(C(F)(F)F)c1. The van der Waals surface area contributed by atoms with Crippen molar-refractivity contribution in [3.05, 3.63) is 76.6 Å². The van der Waals surface area contributed by atoms with Crippen molar-refractivity contribution in [2.24, 2.45) is 11.8 Å². The molecule has 1 aliphatic carbocycles. The number of aliphatic carboxylic acids is 1. The topological polar surface area (TPSA) is 113 Å². The van der Waals surface area contributed by atoms with E-state index < -0.39 is 63.4 Å². The minimum absolute atomic E-state index is 0.0287. The van der Waals surface area contributed by atoms with E-state index in [0.29, 0.717) is 63.5 Å². The number of rotatable bonds is 16. The fourth-order valence-electron chi connectivity index (χ4n) is 6.67. The summed E-state index contributed by atoms with van der Waals surface area (Å²) >= 11 is 0. The Morgan fingerprint density at radius 3 is 2.02 bits per heavy atom. The molecule has 3 aromatic rings. The van der Waals surface area contributed by atoms with E-state index in [4.69, 9.17) is 4.74 Å². The Kier molecular flexibility index (Phi) is 13.7. The number of aromatic nitrogens is 2. The Hall–Kier alpha value is -4.22. The quantitative estimate of drug-likeness (QED) is 0.142. The van der Waals surface area contributed by atoms with Crippen molar-refractivity contribution in [1.82, 2.24) is 9.97 Å². The minimum Gasteiger partial charge on any atom is -0.489 e. The van der Waals surface area contributed by atoms with E-state index in [1.807, 2.05) is 11.8 Å². The Balaban J connectivity index is 1.80. The highest BCUT2D eigenvalue weighted by Gasteiger charge is 2.37. The summed E-state index contributed by atoms with van der Waals surface area (Å²) in [5.74, 6) is -4.91. The summed E-state index contributed by atoms with van der Waals surface area (Å²) < 4.78 is 142. The molecular formula is C37H44F8N4O5S. The number of ether oxygens (including phenoxy) is 1. The van der Waals surface area contributed by atoms with E-state index in [2.05, 4.69) is 9.97 Å². The number of carboxylic acids is 1. The van der Waals surface area contributed by atoms with E-state index in [9.17, 15) is 53.4 Å². The highest BCUT2D eigenvalue weighted by Crippen LogP contribution is 2.40. The van der Waals surface area contributed by atoms with Gasteiger partial charge in [-0.15, -0.1) is 0 Å². The number of hydrogen-bond donors (Lipinski definition) is 1. The molecule has 0 radical (unpaired) electrons. The van der Waals surface area contributed by atoms with Crippen LogP contribution in [0.15, 0.2) is 48.8 Å². The molecule has 1 fully saturated rings. The molecule has 304 valence electrons. The first-order chi connectivity index (χ1) is 25.4. The first kappa shape index (κ1) is 43.5. The van der Waals surface area contributed by atoms with E-state index in [-0.39, 0.29) is 53.4 Å². The number of benzene rings is 2. The zero-order valence-corrected chi connectivity index (χ0v) is 31.5. The molecule has 0 saturated heterocycles. The Morgan fingerprint density at radius 2 is 1.49 bits per heavy atom. The maximum atomic E-state index is 14.6. The summed E-state index contributed by atoms with van der Waals surface area (Å²) in [7, 11) is -3.38. The second kappa shape index (κ2) is 17.3. The highest BCUT2D eigenvalue weighted by molar-refractivity contribution is 7.90. The summed E-state index contributed by atoms with van der Waals surface area (Å²) in [4.78, 5) is 22.9. The minimum atomic E-state index is -5.01. The molecule has 4 rings (SSSR count). The van der Waals surface area contributed by atoms with Gasteiger partial charge in [0.05, 0.1) is 35.3 Å². The molecule has 1 aromatic heterocycles.